The molecule has 180 valence electrons. The molecule has 0 aliphatic heterocycles. The largest absolute Gasteiger partial charge is 0.466 e. The summed E-state index contributed by atoms with van der Waals surface area (Å²) >= 11 is 0. The standard InChI is InChI=1S/C28H28FN3O3/c1-3-22-13-14-23(35-22)17-25(28(33)34-4-2)32-27-24(16-19-9-8-12-21(29)15-19)31-26(18-30-27)20-10-6-5-7-11-20/h5-15,18,25H,3-4,16-17H2,1-2H3,(H,30,32). The highest BCUT2D eigenvalue weighted by Crippen LogP contribution is 2.23. The maximum Gasteiger partial charge on any atom is 0.329 e. The Morgan fingerprint density at radius 1 is 1.06 bits per heavy atom. The van der Waals surface area contributed by atoms with E-state index in [1.807, 2.05) is 55.5 Å². The van der Waals surface area contributed by atoms with Crippen LogP contribution >= 0.6 is 0 Å². The summed E-state index contributed by atoms with van der Waals surface area (Å²) in [5, 5.41) is 3.22. The fourth-order valence-corrected chi connectivity index (χ4v) is 3.78. The van der Waals surface area contributed by atoms with Gasteiger partial charge in [-0.05, 0) is 36.8 Å². The normalized spacial score (nSPS) is 11.7. The van der Waals surface area contributed by atoms with Crippen molar-refractivity contribution in [2.45, 2.75) is 39.2 Å². The van der Waals surface area contributed by atoms with E-state index in [0.29, 0.717) is 35.8 Å². The lowest BCUT2D eigenvalue weighted by molar-refractivity contribution is -0.144. The van der Waals surface area contributed by atoms with E-state index in [4.69, 9.17) is 14.1 Å². The van der Waals surface area contributed by atoms with Crippen LogP contribution in [0.1, 0.15) is 36.6 Å². The second-order valence-electron chi connectivity index (χ2n) is 8.10. The Labute approximate surface area is 204 Å². The Hall–Kier alpha value is -4.00. The number of rotatable bonds is 10. The van der Waals surface area contributed by atoms with E-state index in [1.54, 1.807) is 19.2 Å². The number of halogens is 1. The Morgan fingerprint density at radius 3 is 2.57 bits per heavy atom. The number of hydrogen-bond donors (Lipinski definition) is 1. The molecule has 0 aliphatic rings. The number of esters is 1. The van der Waals surface area contributed by atoms with Gasteiger partial charge in [0.1, 0.15) is 29.2 Å². The predicted molar refractivity (Wildman–Crippen MR) is 133 cm³/mol. The van der Waals surface area contributed by atoms with Crippen LogP contribution in [0.2, 0.25) is 0 Å². The number of aromatic nitrogens is 2. The van der Waals surface area contributed by atoms with Gasteiger partial charge in [-0.1, -0.05) is 49.4 Å². The molecule has 35 heavy (non-hydrogen) atoms. The van der Waals surface area contributed by atoms with Crippen molar-refractivity contribution in [2.24, 2.45) is 0 Å². The number of benzene rings is 2. The van der Waals surface area contributed by atoms with E-state index >= 15 is 0 Å². The molecule has 1 N–H and O–H groups in total. The smallest absolute Gasteiger partial charge is 0.329 e. The maximum atomic E-state index is 13.9. The van der Waals surface area contributed by atoms with Gasteiger partial charge in [-0.2, -0.15) is 0 Å². The van der Waals surface area contributed by atoms with Crippen LogP contribution in [-0.2, 0) is 28.8 Å². The zero-order valence-corrected chi connectivity index (χ0v) is 19.8. The second kappa shape index (κ2) is 11.4. The maximum absolute atomic E-state index is 13.9. The molecule has 1 atom stereocenters. The number of aryl methyl sites for hydroxylation is 1. The van der Waals surface area contributed by atoms with Gasteiger partial charge in [-0.25, -0.2) is 19.2 Å². The Bertz CT molecular complexity index is 1270. The zero-order chi connectivity index (χ0) is 24.6. The van der Waals surface area contributed by atoms with Crippen molar-refractivity contribution in [1.82, 2.24) is 9.97 Å². The van der Waals surface area contributed by atoms with Crippen molar-refractivity contribution in [3.05, 3.63) is 102 Å². The Kier molecular flexibility index (Phi) is 7.88. The summed E-state index contributed by atoms with van der Waals surface area (Å²) in [5.41, 5.74) is 2.95. The minimum Gasteiger partial charge on any atom is -0.466 e. The molecule has 2 aromatic carbocycles. The molecule has 0 saturated carbocycles. The van der Waals surface area contributed by atoms with E-state index in [2.05, 4.69) is 10.3 Å². The van der Waals surface area contributed by atoms with E-state index in [9.17, 15) is 9.18 Å². The molecule has 4 aromatic rings. The van der Waals surface area contributed by atoms with Crippen molar-refractivity contribution in [3.63, 3.8) is 0 Å². The SMILES string of the molecule is CCOC(=O)C(Cc1ccc(CC)o1)Nc1ncc(-c2ccccc2)nc1Cc1cccc(F)c1. The molecule has 0 bridgehead atoms. The first-order chi connectivity index (χ1) is 17.1. The first kappa shape index (κ1) is 24.1. The number of furan rings is 1. The molecule has 6 nitrogen and oxygen atoms in total. The summed E-state index contributed by atoms with van der Waals surface area (Å²) in [6.45, 7) is 4.03. The highest BCUT2D eigenvalue weighted by Gasteiger charge is 2.24. The average Bonchev–Trinajstić information content (AvgIpc) is 3.33. The third kappa shape index (κ3) is 6.32. The lowest BCUT2D eigenvalue weighted by Crippen LogP contribution is -2.34. The third-order valence-electron chi connectivity index (χ3n) is 5.53. The molecule has 1 unspecified atom stereocenters. The number of carbonyl (C=O) groups excluding carboxylic acids is 1. The lowest BCUT2D eigenvalue weighted by atomic mass is 10.1. The predicted octanol–water partition coefficient (Wildman–Crippen LogP) is 5.62. The molecule has 7 heteroatoms. The van der Waals surface area contributed by atoms with Crippen LogP contribution in [0.3, 0.4) is 0 Å². The monoisotopic (exact) mass is 473 g/mol. The molecule has 0 spiro atoms. The van der Waals surface area contributed by atoms with Crippen LogP contribution in [0.5, 0.6) is 0 Å². The average molecular weight is 474 g/mol. The Balaban J connectivity index is 1.68. The quantitative estimate of drug-likeness (QED) is 0.302. The first-order valence-corrected chi connectivity index (χ1v) is 11.7. The molecule has 2 aromatic heterocycles. The molecule has 0 amide bonds. The van der Waals surface area contributed by atoms with Crippen molar-refractivity contribution in [1.29, 1.82) is 0 Å². The fourth-order valence-electron chi connectivity index (χ4n) is 3.78. The first-order valence-electron chi connectivity index (χ1n) is 11.7. The van der Waals surface area contributed by atoms with Crippen molar-refractivity contribution in [2.75, 3.05) is 11.9 Å². The van der Waals surface area contributed by atoms with Crippen molar-refractivity contribution in [3.8, 4) is 11.3 Å². The summed E-state index contributed by atoms with van der Waals surface area (Å²) in [4.78, 5) is 22.2. The summed E-state index contributed by atoms with van der Waals surface area (Å²) in [6, 6.07) is 19.1. The Morgan fingerprint density at radius 2 is 1.86 bits per heavy atom. The summed E-state index contributed by atoms with van der Waals surface area (Å²) in [7, 11) is 0. The van der Waals surface area contributed by atoms with Crippen LogP contribution in [0.4, 0.5) is 10.2 Å². The molecule has 0 fully saturated rings. The van der Waals surface area contributed by atoms with Gasteiger partial charge in [0.2, 0.25) is 0 Å². The van der Waals surface area contributed by atoms with E-state index in [0.717, 1.165) is 23.3 Å². The topological polar surface area (TPSA) is 77.2 Å². The number of nitrogens with one attached hydrogen (secondary N) is 1. The van der Waals surface area contributed by atoms with Crippen LogP contribution in [0.15, 0.2) is 77.3 Å². The van der Waals surface area contributed by atoms with Crippen LogP contribution in [-0.4, -0.2) is 28.6 Å². The number of ether oxygens (including phenoxy) is 1. The lowest BCUT2D eigenvalue weighted by Gasteiger charge is -2.19. The van der Waals surface area contributed by atoms with Gasteiger partial charge in [-0.15, -0.1) is 0 Å². The molecule has 0 radical (unpaired) electrons. The zero-order valence-electron chi connectivity index (χ0n) is 19.8. The van der Waals surface area contributed by atoms with Gasteiger partial charge in [0.15, 0.2) is 0 Å². The van der Waals surface area contributed by atoms with Gasteiger partial charge in [0.25, 0.3) is 0 Å². The summed E-state index contributed by atoms with van der Waals surface area (Å²) in [5.74, 6) is 1.23. The molecule has 2 heterocycles. The minimum absolute atomic E-state index is 0.254. The number of carbonyl (C=O) groups is 1. The van der Waals surface area contributed by atoms with Gasteiger partial charge >= 0.3 is 5.97 Å². The number of hydrogen-bond acceptors (Lipinski definition) is 6. The van der Waals surface area contributed by atoms with Crippen molar-refractivity contribution >= 4 is 11.8 Å². The van der Waals surface area contributed by atoms with Crippen molar-refractivity contribution < 1.29 is 18.3 Å². The molecule has 4 rings (SSSR count). The van der Waals surface area contributed by atoms with Crippen LogP contribution in [0.25, 0.3) is 11.3 Å². The third-order valence-corrected chi connectivity index (χ3v) is 5.53. The van der Waals surface area contributed by atoms with E-state index < -0.39 is 12.0 Å². The van der Waals surface area contributed by atoms with Gasteiger partial charge in [-0.3, -0.25) is 0 Å². The number of nitrogens with zero attached hydrogens (tertiary/aromatic N) is 2. The van der Waals surface area contributed by atoms with Gasteiger partial charge in [0.05, 0.1) is 24.2 Å². The summed E-state index contributed by atoms with van der Waals surface area (Å²) in [6.07, 6.45) is 3.06. The highest BCUT2D eigenvalue weighted by atomic mass is 19.1. The summed E-state index contributed by atoms with van der Waals surface area (Å²) < 4.78 is 25.0. The molecule has 0 aliphatic carbocycles. The van der Waals surface area contributed by atoms with E-state index in [1.165, 1.54) is 12.1 Å². The van der Waals surface area contributed by atoms with Gasteiger partial charge in [0, 0.05) is 24.8 Å². The van der Waals surface area contributed by atoms with Crippen LogP contribution < -0.4 is 5.32 Å². The minimum atomic E-state index is -0.728. The second-order valence-corrected chi connectivity index (χ2v) is 8.10. The van der Waals surface area contributed by atoms with Crippen LogP contribution in [0, 0.1) is 5.82 Å². The fraction of sp³-hybridized carbons (Fsp3) is 0.250. The highest BCUT2D eigenvalue weighted by molar-refractivity contribution is 5.79. The van der Waals surface area contributed by atoms with E-state index in [-0.39, 0.29) is 12.4 Å². The molecular weight excluding hydrogens is 445 g/mol. The molecular formula is C28H28FN3O3. The van der Waals surface area contributed by atoms with Gasteiger partial charge < -0.3 is 14.5 Å². The molecule has 0 saturated heterocycles. The number of anilines is 1.